The molecule has 3 aromatic rings. The van der Waals surface area contributed by atoms with E-state index < -0.39 is 23.5 Å². The van der Waals surface area contributed by atoms with Crippen LogP contribution in [0.5, 0.6) is 0 Å². The number of nitrogens with zero attached hydrogens (tertiary/aromatic N) is 3. The largest absolute Gasteiger partial charge is 0.416 e. The van der Waals surface area contributed by atoms with Gasteiger partial charge in [0.25, 0.3) is 0 Å². The van der Waals surface area contributed by atoms with E-state index in [1.165, 1.54) is 29.3 Å². The van der Waals surface area contributed by atoms with Gasteiger partial charge in [-0.05, 0) is 36.8 Å². The predicted octanol–water partition coefficient (Wildman–Crippen LogP) is 3.70. The van der Waals surface area contributed by atoms with Crippen molar-refractivity contribution in [1.29, 1.82) is 0 Å². The average Bonchev–Trinajstić information content (AvgIpc) is 2.95. The van der Waals surface area contributed by atoms with Crippen molar-refractivity contribution in [3.8, 4) is 11.3 Å². The van der Waals surface area contributed by atoms with Gasteiger partial charge >= 0.3 is 17.9 Å². The van der Waals surface area contributed by atoms with Crippen LogP contribution in [0.1, 0.15) is 12.0 Å². The number of halogens is 3. The Hall–Kier alpha value is -3.89. The first-order valence-electron chi connectivity index (χ1n) is 9.38. The van der Waals surface area contributed by atoms with Gasteiger partial charge in [-0.3, -0.25) is 10.2 Å². The Labute approximate surface area is 174 Å². The van der Waals surface area contributed by atoms with Crippen molar-refractivity contribution >= 4 is 23.4 Å². The molecule has 3 N–H and O–H groups in total. The molecule has 8 nitrogen and oxygen atoms in total. The number of hydrogen-bond donors (Lipinski definition) is 3. The molecule has 3 heterocycles. The minimum Gasteiger partial charge on any atom is -0.382 e. The highest BCUT2D eigenvalue weighted by Crippen LogP contribution is 2.34. The third-order valence-electron chi connectivity index (χ3n) is 4.64. The molecule has 0 fully saturated rings. The zero-order valence-electron chi connectivity index (χ0n) is 16.0. The fourth-order valence-electron chi connectivity index (χ4n) is 3.19. The van der Waals surface area contributed by atoms with Crippen molar-refractivity contribution in [2.45, 2.75) is 12.6 Å². The van der Waals surface area contributed by atoms with Crippen LogP contribution in [0.3, 0.4) is 0 Å². The predicted molar refractivity (Wildman–Crippen MR) is 109 cm³/mol. The maximum Gasteiger partial charge on any atom is 0.416 e. The van der Waals surface area contributed by atoms with Crippen LogP contribution in [0.25, 0.3) is 11.3 Å². The van der Waals surface area contributed by atoms with Crippen molar-refractivity contribution < 1.29 is 18.0 Å². The quantitative estimate of drug-likeness (QED) is 0.575. The standard InChI is InChI=1S/C20H17F3N6O2/c21-20(22,23)13-4-1-3-12(11-13)14-5-6-15-17(26-14)29(10-2-8-24-15)19(31)28-16-7-9-25-18(30)27-16/h1,3-7,9,11,24H,2,8,10H2,(H2,25,27,28,30,31). The average molecular weight is 430 g/mol. The number of hydrogen-bond acceptors (Lipinski definition) is 5. The number of H-pyrrole nitrogens is 1. The lowest BCUT2D eigenvalue weighted by atomic mass is 10.1. The number of fused-ring (bicyclic) bond motifs is 1. The van der Waals surface area contributed by atoms with Gasteiger partial charge in [-0.1, -0.05) is 12.1 Å². The summed E-state index contributed by atoms with van der Waals surface area (Å²) in [6.07, 6.45) is -2.51. The molecule has 0 atom stereocenters. The molecule has 0 radical (unpaired) electrons. The normalized spacial score (nSPS) is 13.7. The Morgan fingerprint density at radius 1 is 1.13 bits per heavy atom. The molecule has 1 aliphatic heterocycles. The Morgan fingerprint density at radius 3 is 2.74 bits per heavy atom. The second-order valence-corrected chi connectivity index (χ2v) is 6.79. The fourth-order valence-corrected chi connectivity index (χ4v) is 3.19. The number of anilines is 3. The topological polar surface area (TPSA) is 103 Å². The molecule has 1 aliphatic rings. The van der Waals surface area contributed by atoms with E-state index in [0.717, 1.165) is 12.1 Å². The van der Waals surface area contributed by atoms with Crippen LogP contribution in [-0.4, -0.2) is 34.1 Å². The highest BCUT2D eigenvalue weighted by atomic mass is 19.4. The molecule has 2 amide bonds. The molecule has 0 saturated heterocycles. The zero-order chi connectivity index (χ0) is 22.0. The summed E-state index contributed by atoms with van der Waals surface area (Å²) in [6.45, 7) is 0.901. The maximum absolute atomic E-state index is 13.1. The zero-order valence-corrected chi connectivity index (χ0v) is 16.0. The van der Waals surface area contributed by atoms with Crippen LogP contribution in [-0.2, 0) is 6.18 Å². The number of rotatable bonds is 2. The molecule has 0 aliphatic carbocycles. The van der Waals surface area contributed by atoms with Crippen LogP contribution in [0.2, 0.25) is 0 Å². The summed E-state index contributed by atoms with van der Waals surface area (Å²) in [7, 11) is 0. The molecule has 0 saturated carbocycles. The summed E-state index contributed by atoms with van der Waals surface area (Å²) in [5.41, 5.74) is -0.253. The van der Waals surface area contributed by atoms with Crippen molar-refractivity contribution in [3.05, 3.63) is 64.7 Å². The van der Waals surface area contributed by atoms with E-state index in [1.54, 1.807) is 12.1 Å². The molecule has 11 heteroatoms. The number of aromatic amines is 1. The van der Waals surface area contributed by atoms with E-state index in [-0.39, 0.29) is 17.2 Å². The van der Waals surface area contributed by atoms with Crippen LogP contribution in [0, 0.1) is 0 Å². The van der Waals surface area contributed by atoms with E-state index in [1.807, 2.05) is 0 Å². The van der Waals surface area contributed by atoms with Gasteiger partial charge in [-0.2, -0.15) is 18.2 Å². The van der Waals surface area contributed by atoms with E-state index >= 15 is 0 Å². The van der Waals surface area contributed by atoms with Gasteiger partial charge in [0.15, 0.2) is 5.82 Å². The van der Waals surface area contributed by atoms with E-state index in [0.29, 0.717) is 30.9 Å². The summed E-state index contributed by atoms with van der Waals surface area (Å²) in [5.74, 6) is 0.344. The van der Waals surface area contributed by atoms with E-state index in [9.17, 15) is 22.8 Å². The molecular formula is C20H17F3N6O2. The summed E-state index contributed by atoms with van der Waals surface area (Å²) in [5, 5.41) is 5.71. The Balaban J connectivity index is 1.69. The summed E-state index contributed by atoms with van der Waals surface area (Å²) in [6, 6.07) is 8.99. The van der Waals surface area contributed by atoms with Crippen molar-refractivity contribution in [2.24, 2.45) is 0 Å². The second kappa shape index (κ2) is 8.09. The summed E-state index contributed by atoms with van der Waals surface area (Å²) >= 11 is 0. The maximum atomic E-state index is 13.1. The molecule has 4 rings (SSSR count). The number of aromatic nitrogens is 3. The Morgan fingerprint density at radius 2 is 1.97 bits per heavy atom. The van der Waals surface area contributed by atoms with Crippen molar-refractivity contribution in [1.82, 2.24) is 15.0 Å². The van der Waals surface area contributed by atoms with Gasteiger partial charge in [0, 0.05) is 24.8 Å². The fraction of sp³-hybridized carbons (Fsp3) is 0.200. The van der Waals surface area contributed by atoms with Crippen LogP contribution in [0.4, 0.5) is 35.3 Å². The number of urea groups is 1. The first-order valence-corrected chi connectivity index (χ1v) is 9.38. The highest BCUT2D eigenvalue weighted by Gasteiger charge is 2.31. The first-order chi connectivity index (χ1) is 14.8. The number of alkyl halides is 3. The lowest BCUT2D eigenvalue weighted by Crippen LogP contribution is -2.36. The van der Waals surface area contributed by atoms with Gasteiger partial charge in [0.05, 0.1) is 16.9 Å². The summed E-state index contributed by atoms with van der Waals surface area (Å²) < 4.78 is 39.3. The molecule has 0 unspecified atom stereocenters. The Bertz CT molecular complexity index is 1180. The third-order valence-corrected chi connectivity index (χ3v) is 4.64. The van der Waals surface area contributed by atoms with Crippen LogP contribution >= 0.6 is 0 Å². The van der Waals surface area contributed by atoms with Gasteiger partial charge in [-0.15, -0.1) is 0 Å². The second-order valence-electron chi connectivity index (χ2n) is 6.79. The Kier molecular flexibility index (Phi) is 5.32. The molecule has 0 bridgehead atoms. The molecule has 2 aromatic heterocycles. The molecule has 160 valence electrons. The third kappa shape index (κ3) is 4.49. The van der Waals surface area contributed by atoms with Gasteiger partial charge in [0.1, 0.15) is 5.82 Å². The number of carbonyl (C=O) groups is 1. The minimum absolute atomic E-state index is 0.0709. The number of benzene rings is 1. The van der Waals surface area contributed by atoms with E-state index in [2.05, 4.69) is 25.6 Å². The minimum atomic E-state index is -4.48. The lowest BCUT2D eigenvalue weighted by molar-refractivity contribution is -0.137. The molecule has 31 heavy (non-hydrogen) atoms. The monoisotopic (exact) mass is 430 g/mol. The molecule has 1 aromatic carbocycles. The van der Waals surface area contributed by atoms with Crippen LogP contribution < -0.4 is 21.2 Å². The highest BCUT2D eigenvalue weighted by molar-refractivity contribution is 6.02. The smallest absolute Gasteiger partial charge is 0.382 e. The van der Waals surface area contributed by atoms with Gasteiger partial charge < -0.3 is 10.3 Å². The van der Waals surface area contributed by atoms with Crippen molar-refractivity contribution in [3.63, 3.8) is 0 Å². The van der Waals surface area contributed by atoms with Gasteiger partial charge in [-0.25, -0.2) is 14.6 Å². The number of amides is 2. The number of pyridine rings is 1. The van der Waals surface area contributed by atoms with Crippen LogP contribution in [0.15, 0.2) is 53.5 Å². The molecular weight excluding hydrogens is 413 g/mol. The van der Waals surface area contributed by atoms with E-state index in [4.69, 9.17) is 0 Å². The number of carbonyl (C=O) groups excluding carboxylic acids is 1. The molecule has 0 spiro atoms. The SMILES string of the molecule is O=C(Nc1cc[nH]c(=O)n1)N1CCCNc2ccc(-c3cccc(C(F)(F)F)c3)nc21. The number of nitrogens with one attached hydrogen (secondary N) is 3. The van der Waals surface area contributed by atoms with Gasteiger partial charge in [0.2, 0.25) is 0 Å². The van der Waals surface area contributed by atoms with Crippen molar-refractivity contribution in [2.75, 3.05) is 28.6 Å². The summed E-state index contributed by atoms with van der Waals surface area (Å²) in [4.78, 5) is 36.1. The first kappa shape index (κ1) is 20.4. The lowest BCUT2D eigenvalue weighted by Gasteiger charge is -2.22.